The number of ether oxygens (including phenoxy) is 1. The van der Waals surface area contributed by atoms with Crippen molar-refractivity contribution >= 4 is 29.9 Å². The highest BCUT2D eigenvalue weighted by atomic mass is 127. The van der Waals surface area contributed by atoms with Crippen LogP contribution in [0.3, 0.4) is 0 Å². The number of halogens is 2. The zero-order valence-electron chi connectivity index (χ0n) is 16.5. The summed E-state index contributed by atoms with van der Waals surface area (Å²) in [5, 5.41) is 6.81. The van der Waals surface area contributed by atoms with E-state index in [1.54, 1.807) is 26.3 Å². The maximum atomic E-state index is 13.1. The topological polar surface area (TPSA) is 48.9 Å². The van der Waals surface area contributed by atoms with Crippen LogP contribution in [-0.2, 0) is 4.74 Å². The molecule has 1 aromatic carbocycles. The summed E-state index contributed by atoms with van der Waals surface area (Å²) in [4.78, 5) is 6.75. The van der Waals surface area contributed by atoms with E-state index in [9.17, 15) is 4.39 Å². The Morgan fingerprint density at radius 3 is 2.48 bits per heavy atom. The summed E-state index contributed by atoms with van der Waals surface area (Å²) in [7, 11) is 3.43. The molecule has 0 saturated carbocycles. The number of benzene rings is 1. The van der Waals surface area contributed by atoms with Crippen LogP contribution in [0.5, 0.6) is 0 Å². The fourth-order valence-electron chi connectivity index (χ4n) is 3.21. The van der Waals surface area contributed by atoms with Gasteiger partial charge in [0.1, 0.15) is 5.82 Å². The van der Waals surface area contributed by atoms with Crippen LogP contribution >= 0.6 is 24.0 Å². The molecule has 0 aliphatic carbocycles. The van der Waals surface area contributed by atoms with Gasteiger partial charge in [0.2, 0.25) is 0 Å². The maximum absolute atomic E-state index is 13.1. The van der Waals surface area contributed by atoms with E-state index in [0.29, 0.717) is 12.6 Å². The van der Waals surface area contributed by atoms with Crippen LogP contribution in [0.2, 0.25) is 0 Å². The molecule has 1 heterocycles. The van der Waals surface area contributed by atoms with Crippen LogP contribution in [0.4, 0.5) is 4.39 Å². The minimum atomic E-state index is -0.243. The lowest BCUT2D eigenvalue weighted by atomic mass is 10.0. The summed E-state index contributed by atoms with van der Waals surface area (Å²) in [6.45, 7) is 9.74. The Bertz CT molecular complexity index is 601. The third-order valence-electron chi connectivity index (χ3n) is 4.63. The molecule has 1 aliphatic rings. The molecule has 2 rings (SSSR count). The summed E-state index contributed by atoms with van der Waals surface area (Å²) < 4.78 is 18.6. The summed E-state index contributed by atoms with van der Waals surface area (Å²) in [6, 6.07) is 6.81. The molecule has 2 N–H and O–H groups in total. The fraction of sp³-hybridized carbons (Fsp3) is 0.550. The second kappa shape index (κ2) is 12.3. The predicted molar refractivity (Wildman–Crippen MR) is 120 cm³/mol. The highest BCUT2D eigenvalue weighted by molar-refractivity contribution is 14.0. The minimum Gasteiger partial charge on any atom is -0.375 e. The molecule has 152 valence electrons. The Balaban J connectivity index is 0.00000364. The number of nitrogens with one attached hydrogen (secondary N) is 2. The summed E-state index contributed by atoms with van der Waals surface area (Å²) in [6.07, 6.45) is 2.01. The zero-order chi connectivity index (χ0) is 18.9. The number of piperidine rings is 1. The molecule has 1 aromatic rings. The maximum Gasteiger partial charge on any atom is 0.191 e. The van der Waals surface area contributed by atoms with Gasteiger partial charge in [0.15, 0.2) is 5.96 Å². The summed E-state index contributed by atoms with van der Waals surface area (Å²) in [5.41, 5.74) is 2.14. The van der Waals surface area contributed by atoms with Gasteiger partial charge in [-0.1, -0.05) is 24.3 Å². The largest absolute Gasteiger partial charge is 0.375 e. The van der Waals surface area contributed by atoms with Crippen molar-refractivity contribution in [3.05, 3.63) is 47.8 Å². The monoisotopic (exact) mass is 490 g/mol. The van der Waals surface area contributed by atoms with Gasteiger partial charge in [0.05, 0.1) is 6.10 Å². The van der Waals surface area contributed by atoms with Gasteiger partial charge in [-0.05, 0) is 37.5 Å². The van der Waals surface area contributed by atoms with Crippen molar-refractivity contribution in [2.24, 2.45) is 4.99 Å². The molecule has 0 aromatic heterocycles. The average molecular weight is 490 g/mol. The standard InChI is InChI=1S/C20H31FN4O.HI/c1-15(2)14-25-11-9-18(10-12-25)24-20(22-3)23-13-19(26-4)16-5-7-17(21)8-6-16;/h5-8,18-19H,1,9-14H2,2-4H3,(H2,22,23,24);1H. The van der Waals surface area contributed by atoms with E-state index >= 15 is 0 Å². The normalized spacial score (nSPS) is 17.1. The lowest BCUT2D eigenvalue weighted by Gasteiger charge is -2.33. The van der Waals surface area contributed by atoms with Gasteiger partial charge in [-0.25, -0.2) is 4.39 Å². The van der Waals surface area contributed by atoms with E-state index in [0.717, 1.165) is 44.0 Å². The molecule has 0 radical (unpaired) electrons. The quantitative estimate of drug-likeness (QED) is 0.267. The zero-order valence-corrected chi connectivity index (χ0v) is 18.8. The van der Waals surface area contributed by atoms with Crippen LogP contribution in [0.15, 0.2) is 41.4 Å². The molecule has 27 heavy (non-hydrogen) atoms. The molecule has 1 saturated heterocycles. The van der Waals surface area contributed by atoms with Crippen LogP contribution in [-0.4, -0.2) is 57.2 Å². The Morgan fingerprint density at radius 1 is 1.33 bits per heavy atom. The molecule has 1 fully saturated rings. The lowest BCUT2D eigenvalue weighted by molar-refractivity contribution is 0.106. The number of guanidine groups is 1. The van der Waals surface area contributed by atoms with Crippen molar-refractivity contribution in [3.8, 4) is 0 Å². The van der Waals surface area contributed by atoms with Gasteiger partial charge in [0.25, 0.3) is 0 Å². The van der Waals surface area contributed by atoms with E-state index in [2.05, 4.69) is 34.0 Å². The summed E-state index contributed by atoms with van der Waals surface area (Å²) >= 11 is 0. The second-order valence-electron chi connectivity index (χ2n) is 6.88. The molecular weight excluding hydrogens is 458 g/mol. The number of hydrogen-bond acceptors (Lipinski definition) is 3. The highest BCUT2D eigenvalue weighted by Gasteiger charge is 2.20. The first-order valence-corrected chi connectivity index (χ1v) is 9.14. The van der Waals surface area contributed by atoms with Gasteiger partial charge in [0, 0.05) is 46.4 Å². The number of rotatable bonds is 7. The molecule has 1 atom stereocenters. The second-order valence-corrected chi connectivity index (χ2v) is 6.88. The first-order chi connectivity index (χ1) is 12.5. The molecule has 0 bridgehead atoms. The minimum absolute atomic E-state index is 0. The van der Waals surface area contributed by atoms with Crippen molar-refractivity contribution in [2.45, 2.75) is 31.9 Å². The van der Waals surface area contributed by atoms with Crippen molar-refractivity contribution in [3.63, 3.8) is 0 Å². The van der Waals surface area contributed by atoms with E-state index in [-0.39, 0.29) is 35.9 Å². The van der Waals surface area contributed by atoms with E-state index < -0.39 is 0 Å². The van der Waals surface area contributed by atoms with Crippen molar-refractivity contribution < 1.29 is 9.13 Å². The highest BCUT2D eigenvalue weighted by Crippen LogP contribution is 2.16. The number of aliphatic imine (C=N–C) groups is 1. The van der Waals surface area contributed by atoms with Crippen LogP contribution in [0.25, 0.3) is 0 Å². The van der Waals surface area contributed by atoms with E-state index in [4.69, 9.17) is 4.74 Å². The Labute approximate surface area is 179 Å². The van der Waals surface area contributed by atoms with Gasteiger partial charge in [-0.15, -0.1) is 24.0 Å². The van der Waals surface area contributed by atoms with Crippen molar-refractivity contribution in [1.82, 2.24) is 15.5 Å². The molecule has 1 aliphatic heterocycles. The first-order valence-electron chi connectivity index (χ1n) is 9.14. The Morgan fingerprint density at radius 2 is 1.96 bits per heavy atom. The molecule has 0 spiro atoms. The average Bonchev–Trinajstić information content (AvgIpc) is 2.63. The van der Waals surface area contributed by atoms with Crippen LogP contribution < -0.4 is 10.6 Å². The molecular formula is C20H32FIN4O. The third-order valence-corrected chi connectivity index (χ3v) is 4.63. The number of hydrogen-bond donors (Lipinski definition) is 2. The van der Waals surface area contributed by atoms with E-state index in [1.807, 2.05) is 0 Å². The molecule has 0 amide bonds. The number of nitrogens with zero attached hydrogens (tertiary/aromatic N) is 2. The molecule has 5 nitrogen and oxygen atoms in total. The van der Waals surface area contributed by atoms with Crippen LogP contribution in [0.1, 0.15) is 31.4 Å². The Hall–Kier alpha value is -1.19. The molecule has 1 unspecified atom stereocenters. The number of methoxy groups -OCH3 is 1. The Kier molecular flexibility index (Phi) is 10.9. The third kappa shape index (κ3) is 8.15. The predicted octanol–water partition coefficient (Wildman–Crippen LogP) is 3.34. The number of likely N-dealkylation sites (tertiary alicyclic amines) is 1. The summed E-state index contributed by atoms with van der Waals surface area (Å²) in [5.74, 6) is 0.527. The van der Waals surface area contributed by atoms with Gasteiger partial charge >= 0.3 is 0 Å². The van der Waals surface area contributed by atoms with E-state index in [1.165, 1.54) is 17.7 Å². The first kappa shape index (κ1) is 23.8. The fourth-order valence-corrected chi connectivity index (χ4v) is 3.21. The van der Waals surface area contributed by atoms with Gasteiger partial charge in [-0.3, -0.25) is 9.89 Å². The smallest absolute Gasteiger partial charge is 0.191 e. The molecule has 7 heteroatoms. The van der Waals surface area contributed by atoms with Gasteiger partial charge < -0.3 is 15.4 Å². The van der Waals surface area contributed by atoms with Crippen molar-refractivity contribution in [2.75, 3.05) is 40.3 Å². The van der Waals surface area contributed by atoms with Crippen molar-refractivity contribution in [1.29, 1.82) is 0 Å². The SMILES string of the molecule is C=C(C)CN1CCC(NC(=NC)NCC(OC)c2ccc(F)cc2)CC1.I. The van der Waals surface area contributed by atoms with Crippen LogP contribution in [0, 0.1) is 5.82 Å². The lowest BCUT2D eigenvalue weighted by Crippen LogP contribution is -2.49. The van der Waals surface area contributed by atoms with Gasteiger partial charge in [-0.2, -0.15) is 0 Å².